The molecule has 0 amide bonds. The van der Waals surface area contributed by atoms with E-state index in [0.29, 0.717) is 0 Å². The first-order valence-corrected chi connectivity index (χ1v) is 11.6. The van der Waals surface area contributed by atoms with Gasteiger partial charge >= 0.3 is 15.6 Å². The van der Waals surface area contributed by atoms with Gasteiger partial charge in [0.1, 0.15) is 0 Å². The van der Waals surface area contributed by atoms with E-state index in [4.69, 9.17) is 0 Å². The molecule has 2 rings (SSSR count). The molecule has 0 heterocycles. The number of benzene rings is 2. The molecule has 0 radical (unpaired) electrons. The van der Waals surface area contributed by atoms with Crippen LogP contribution in [0.15, 0.2) is 60.7 Å². The second-order valence-corrected chi connectivity index (χ2v) is 13.4. The molecule has 0 saturated heterocycles. The third-order valence-corrected chi connectivity index (χ3v) is 11.5. The minimum atomic E-state index is -5.67. The number of rotatable bonds is 5. The smallest absolute Gasteiger partial charge is 0.266 e. The van der Waals surface area contributed by atoms with E-state index in [0.717, 1.165) is 10.4 Å². The fourth-order valence-electron chi connectivity index (χ4n) is 3.09. The second kappa shape index (κ2) is 7.17. The highest BCUT2D eigenvalue weighted by Gasteiger charge is 2.53. The Hall–Kier alpha value is -1.64. The summed E-state index contributed by atoms with van der Waals surface area (Å²) < 4.78 is 66.2. The molecule has 0 aromatic heterocycles. The number of halogens is 3. The van der Waals surface area contributed by atoms with Crippen molar-refractivity contribution in [3.63, 3.8) is 0 Å². The third kappa shape index (κ3) is 3.87. The van der Waals surface area contributed by atoms with Gasteiger partial charge in [0.25, 0.3) is 0 Å². The maximum atomic E-state index is 12.8. The molecule has 0 aliphatic carbocycles. The quantitative estimate of drug-likeness (QED) is 0.437. The van der Waals surface area contributed by atoms with Crippen molar-refractivity contribution in [2.24, 2.45) is 0 Å². The van der Waals surface area contributed by atoms with Crippen molar-refractivity contribution in [1.82, 2.24) is 0 Å². The zero-order valence-corrected chi connectivity index (χ0v) is 16.6. The Kier molecular flexibility index (Phi) is 5.70. The molecule has 142 valence electrons. The molecular formula is C18H21F3O3SSi. The molecule has 2 aromatic carbocycles. The number of hydrogen-bond donors (Lipinski definition) is 0. The van der Waals surface area contributed by atoms with Crippen molar-refractivity contribution >= 4 is 28.6 Å². The Bertz CT molecular complexity index is 790. The zero-order valence-electron chi connectivity index (χ0n) is 14.7. The van der Waals surface area contributed by atoms with E-state index >= 15 is 0 Å². The Morgan fingerprint density at radius 2 is 1.23 bits per heavy atom. The van der Waals surface area contributed by atoms with Gasteiger partial charge in [-0.2, -0.15) is 21.6 Å². The summed E-state index contributed by atoms with van der Waals surface area (Å²) in [6.45, 7) is 5.72. The Morgan fingerprint density at radius 1 is 0.846 bits per heavy atom. The van der Waals surface area contributed by atoms with Gasteiger partial charge in [-0.3, -0.25) is 4.18 Å². The summed E-state index contributed by atoms with van der Waals surface area (Å²) in [5, 5.41) is 1.13. The zero-order chi connectivity index (χ0) is 19.6. The standard InChI is InChI=1S/C18H21F3O3SSi/c1-17(2,3)26(15-10-6-4-7-11-15,16-12-8-5-9-13-16)14-24-25(22,23)18(19,20)21/h4-13H,14H2,1-3H3. The van der Waals surface area contributed by atoms with Crippen molar-refractivity contribution in [2.75, 3.05) is 6.23 Å². The van der Waals surface area contributed by atoms with Crippen LogP contribution in [0.25, 0.3) is 0 Å². The van der Waals surface area contributed by atoms with Crippen LogP contribution < -0.4 is 10.4 Å². The molecule has 0 N–H and O–H groups in total. The predicted molar refractivity (Wildman–Crippen MR) is 98.5 cm³/mol. The predicted octanol–water partition coefficient (Wildman–Crippen LogP) is 3.46. The highest BCUT2D eigenvalue weighted by molar-refractivity contribution is 7.87. The maximum Gasteiger partial charge on any atom is 0.523 e. The molecule has 2 aromatic rings. The summed E-state index contributed by atoms with van der Waals surface area (Å²) >= 11 is 0. The molecule has 0 spiro atoms. The Balaban J connectivity index is 2.66. The van der Waals surface area contributed by atoms with Gasteiger partial charge in [0.15, 0.2) is 8.07 Å². The fraction of sp³-hybridized carbons (Fsp3) is 0.333. The lowest BCUT2D eigenvalue weighted by Crippen LogP contribution is -2.68. The molecule has 0 atom stereocenters. The highest BCUT2D eigenvalue weighted by Crippen LogP contribution is 2.37. The first kappa shape index (κ1) is 20.7. The van der Waals surface area contributed by atoms with Crippen molar-refractivity contribution < 1.29 is 25.8 Å². The van der Waals surface area contributed by atoms with E-state index in [-0.39, 0.29) is 0 Å². The first-order valence-electron chi connectivity index (χ1n) is 7.98. The van der Waals surface area contributed by atoms with E-state index in [2.05, 4.69) is 4.18 Å². The number of hydrogen-bond acceptors (Lipinski definition) is 3. The lowest BCUT2D eigenvalue weighted by molar-refractivity contribution is -0.0532. The minimum Gasteiger partial charge on any atom is -0.266 e. The normalized spacial score (nSPS) is 13.6. The van der Waals surface area contributed by atoms with Crippen molar-refractivity contribution in [3.8, 4) is 0 Å². The Morgan fingerprint density at radius 3 is 1.54 bits per heavy atom. The van der Waals surface area contributed by atoms with E-state index in [9.17, 15) is 21.6 Å². The van der Waals surface area contributed by atoms with E-state index < -0.39 is 35.0 Å². The first-order chi connectivity index (χ1) is 11.9. The molecule has 8 heteroatoms. The van der Waals surface area contributed by atoms with Gasteiger partial charge in [-0.15, -0.1) is 0 Å². The fourth-order valence-corrected chi connectivity index (χ4v) is 8.91. The summed E-state index contributed by atoms with van der Waals surface area (Å²) in [4.78, 5) is 0. The highest BCUT2D eigenvalue weighted by atomic mass is 32.2. The maximum absolute atomic E-state index is 12.8. The van der Waals surface area contributed by atoms with Gasteiger partial charge in [-0.25, -0.2) is 0 Å². The van der Waals surface area contributed by atoms with Crippen molar-refractivity contribution in [2.45, 2.75) is 31.3 Å². The number of alkyl halides is 3. The molecule has 3 nitrogen and oxygen atoms in total. The molecule has 0 saturated carbocycles. The van der Waals surface area contributed by atoms with Crippen LogP contribution in [0.3, 0.4) is 0 Å². The molecular weight excluding hydrogens is 381 g/mol. The van der Waals surface area contributed by atoms with Crippen LogP contribution in [0.5, 0.6) is 0 Å². The van der Waals surface area contributed by atoms with Gasteiger partial charge < -0.3 is 0 Å². The summed E-state index contributed by atoms with van der Waals surface area (Å²) in [6.07, 6.45) is -0.521. The van der Waals surface area contributed by atoms with Crippen molar-refractivity contribution in [1.29, 1.82) is 0 Å². The summed E-state index contributed by atoms with van der Waals surface area (Å²) in [5.74, 6) is 0. The second-order valence-electron chi connectivity index (χ2n) is 7.05. The minimum absolute atomic E-state index is 0.503. The van der Waals surface area contributed by atoms with Gasteiger partial charge in [0.2, 0.25) is 0 Å². The van der Waals surface area contributed by atoms with Crippen LogP contribution in [0.1, 0.15) is 20.8 Å². The summed E-state index contributed by atoms with van der Waals surface area (Å²) in [7, 11) is -8.71. The van der Waals surface area contributed by atoms with Crippen LogP contribution in [0.2, 0.25) is 5.04 Å². The van der Waals surface area contributed by atoms with Gasteiger partial charge in [-0.05, 0) is 5.04 Å². The van der Waals surface area contributed by atoms with Gasteiger partial charge in [-0.1, -0.05) is 91.8 Å². The average Bonchev–Trinajstić information content (AvgIpc) is 2.55. The van der Waals surface area contributed by atoms with Gasteiger partial charge in [0.05, 0.1) is 6.23 Å². The van der Waals surface area contributed by atoms with Crippen LogP contribution >= 0.6 is 0 Å². The summed E-state index contributed by atoms with van der Waals surface area (Å²) in [6, 6.07) is 18.1. The average molecular weight is 403 g/mol. The molecule has 0 bridgehead atoms. The molecule has 0 aliphatic rings. The van der Waals surface area contributed by atoms with Crippen LogP contribution in [0, 0.1) is 0 Å². The molecule has 0 fully saturated rings. The lowest BCUT2D eigenvalue weighted by atomic mass is 10.2. The van der Waals surface area contributed by atoms with E-state index in [1.807, 2.05) is 57.2 Å². The molecule has 0 unspecified atom stereocenters. The van der Waals surface area contributed by atoms with Crippen LogP contribution in [-0.2, 0) is 14.3 Å². The SMILES string of the molecule is CC(C)(C)[Si](COS(=O)(=O)C(F)(F)F)(c1ccccc1)c1ccccc1. The lowest BCUT2D eigenvalue weighted by Gasteiger charge is -2.43. The molecule has 26 heavy (non-hydrogen) atoms. The van der Waals surface area contributed by atoms with Gasteiger partial charge in [0, 0.05) is 0 Å². The van der Waals surface area contributed by atoms with E-state index in [1.165, 1.54) is 0 Å². The Labute approximate surface area is 153 Å². The van der Waals surface area contributed by atoms with Crippen LogP contribution in [-0.4, -0.2) is 28.2 Å². The van der Waals surface area contributed by atoms with Crippen LogP contribution in [0.4, 0.5) is 13.2 Å². The van der Waals surface area contributed by atoms with Crippen molar-refractivity contribution in [3.05, 3.63) is 60.7 Å². The topological polar surface area (TPSA) is 43.4 Å². The third-order valence-electron chi connectivity index (χ3n) is 4.53. The monoisotopic (exact) mass is 402 g/mol. The summed E-state index contributed by atoms with van der Waals surface area (Å²) in [5.41, 5.74) is -5.45. The van der Waals surface area contributed by atoms with E-state index in [1.54, 1.807) is 24.3 Å². The molecule has 0 aliphatic heterocycles. The largest absolute Gasteiger partial charge is 0.523 e.